The third kappa shape index (κ3) is 5.28. The zero-order valence-corrected chi connectivity index (χ0v) is 16.1. The first-order valence-electron chi connectivity index (χ1n) is 8.47. The second-order valence-corrected chi connectivity index (χ2v) is 8.10. The molecule has 0 unspecified atom stereocenters. The van der Waals surface area contributed by atoms with Gasteiger partial charge in [0.05, 0.1) is 5.56 Å². The monoisotopic (exact) mass is 396 g/mol. The van der Waals surface area contributed by atoms with Crippen LogP contribution in [0.15, 0.2) is 30.9 Å². The first kappa shape index (κ1) is 20.9. The van der Waals surface area contributed by atoms with Crippen LogP contribution in [-0.2, 0) is 15.0 Å². The smallest absolute Gasteiger partial charge is 0.279 e. The summed E-state index contributed by atoms with van der Waals surface area (Å²) in [4.78, 5) is 25.6. The van der Waals surface area contributed by atoms with Gasteiger partial charge in [-0.15, -0.1) is 0 Å². The normalized spacial score (nSPS) is 15.6. The van der Waals surface area contributed by atoms with Gasteiger partial charge < -0.3 is 15.3 Å². The number of anilines is 1. The van der Waals surface area contributed by atoms with E-state index in [1.165, 1.54) is 27.4 Å². The van der Waals surface area contributed by atoms with Crippen molar-refractivity contribution in [2.24, 2.45) is 0 Å². The summed E-state index contributed by atoms with van der Waals surface area (Å²) in [5, 5.41) is 12.5. The summed E-state index contributed by atoms with van der Waals surface area (Å²) in [6, 6.07) is 3.94. The van der Waals surface area contributed by atoms with Crippen molar-refractivity contribution in [2.75, 3.05) is 31.5 Å². The number of hydrogen-bond donors (Lipinski definition) is 3. The van der Waals surface area contributed by atoms with Crippen molar-refractivity contribution < 1.29 is 23.1 Å². The summed E-state index contributed by atoms with van der Waals surface area (Å²) >= 11 is 0. The fourth-order valence-electron chi connectivity index (χ4n) is 2.65. The Morgan fingerprint density at radius 3 is 2.41 bits per heavy atom. The van der Waals surface area contributed by atoms with E-state index in [1.54, 1.807) is 13.8 Å². The largest absolute Gasteiger partial charge is 0.507 e. The van der Waals surface area contributed by atoms with E-state index < -0.39 is 22.0 Å². The minimum atomic E-state index is -3.59. The molecule has 1 aliphatic heterocycles. The van der Waals surface area contributed by atoms with Crippen LogP contribution >= 0.6 is 0 Å². The zero-order valence-electron chi connectivity index (χ0n) is 15.3. The quantitative estimate of drug-likeness (QED) is 0.478. The van der Waals surface area contributed by atoms with Gasteiger partial charge in [0, 0.05) is 37.9 Å². The number of phenols is 1. The number of carbonyl (C=O) groups excluding carboxylic acids is 2. The van der Waals surface area contributed by atoms with Crippen molar-refractivity contribution in [3.05, 3.63) is 36.4 Å². The summed E-state index contributed by atoms with van der Waals surface area (Å²) in [6.45, 7) is 7.52. The van der Waals surface area contributed by atoms with E-state index in [2.05, 4.69) is 16.6 Å². The van der Waals surface area contributed by atoms with Crippen molar-refractivity contribution in [2.45, 2.75) is 19.9 Å². The molecule has 0 aliphatic carbocycles. The molecule has 1 fully saturated rings. The van der Waals surface area contributed by atoms with Gasteiger partial charge in [-0.2, -0.15) is 17.4 Å². The lowest BCUT2D eigenvalue weighted by atomic mass is 10.1. The van der Waals surface area contributed by atoms with E-state index >= 15 is 0 Å². The Labute approximate surface area is 158 Å². The van der Waals surface area contributed by atoms with Crippen LogP contribution in [0.2, 0.25) is 0 Å². The molecular formula is C17H24N4O5S. The highest BCUT2D eigenvalue weighted by Gasteiger charge is 2.30. The Balaban J connectivity index is 2.08. The molecule has 1 aliphatic rings. The molecule has 3 N–H and O–H groups in total. The van der Waals surface area contributed by atoms with Crippen LogP contribution in [0, 0.1) is 0 Å². The third-order valence-corrected chi connectivity index (χ3v) is 5.74. The van der Waals surface area contributed by atoms with Crippen molar-refractivity contribution in [1.82, 2.24) is 13.9 Å². The average molecular weight is 396 g/mol. The van der Waals surface area contributed by atoms with Crippen molar-refractivity contribution in [1.29, 1.82) is 0 Å². The van der Waals surface area contributed by atoms with Crippen LogP contribution in [0.3, 0.4) is 0 Å². The van der Waals surface area contributed by atoms with Crippen LogP contribution < -0.4 is 10.0 Å². The number of nitrogens with zero attached hydrogens (tertiary/aromatic N) is 2. The molecule has 2 amide bonds. The Morgan fingerprint density at radius 1 is 1.22 bits per heavy atom. The average Bonchev–Trinajstić information content (AvgIpc) is 2.61. The molecule has 0 radical (unpaired) electrons. The SMILES string of the molecule is C=CC(=O)Nc1ccc(O)c(C(=O)N2CCN(S(=O)(=O)NC(C)C)CC2)c1. The van der Waals surface area contributed by atoms with Gasteiger partial charge in [0.2, 0.25) is 5.91 Å². The van der Waals surface area contributed by atoms with Gasteiger partial charge in [0.15, 0.2) is 0 Å². The number of benzene rings is 1. The van der Waals surface area contributed by atoms with Crippen LogP contribution in [0.5, 0.6) is 5.75 Å². The Bertz CT molecular complexity index is 830. The second-order valence-electron chi connectivity index (χ2n) is 6.39. The molecule has 1 aromatic carbocycles. The molecule has 0 spiro atoms. The summed E-state index contributed by atoms with van der Waals surface area (Å²) in [6.07, 6.45) is 1.10. The van der Waals surface area contributed by atoms with Gasteiger partial charge in [-0.05, 0) is 38.1 Å². The van der Waals surface area contributed by atoms with Crippen molar-refractivity contribution >= 4 is 27.7 Å². The highest BCUT2D eigenvalue weighted by Crippen LogP contribution is 2.24. The number of piperazine rings is 1. The molecule has 2 rings (SSSR count). The standard InChI is InChI=1S/C17H24N4O5S/c1-4-16(23)18-13-5-6-15(22)14(11-13)17(24)20-7-9-21(10-8-20)27(25,26)19-12(2)3/h4-6,11-12,19,22H,1,7-10H2,2-3H3,(H,18,23). The number of nitrogens with one attached hydrogen (secondary N) is 2. The lowest BCUT2D eigenvalue weighted by Gasteiger charge is -2.34. The van der Waals surface area contributed by atoms with Gasteiger partial charge >= 0.3 is 0 Å². The Kier molecular flexibility index (Phi) is 6.58. The van der Waals surface area contributed by atoms with Gasteiger partial charge in [-0.25, -0.2) is 0 Å². The molecule has 1 heterocycles. The summed E-state index contributed by atoms with van der Waals surface area (Å²) < 4.78 is 28.2. The fraction of sp³-hybridized carbons (Fsp3) is 0.412. The molecule has 0 aromatic heterocycles. The zero-order chi connectivity index (χ0) is 20.2. The molecule has 27 heavy (non-hydrogen) atoms. The second kappa shape index (κ2) is 8.51. The van der Waals surface area contributed by atoms with E-state index in [9.17, 15) is 23.1 Å². The third-order valence-electron chi connectivity index (χ3n) is 3.93. The minimum absolute atomic E-state index is 0.0356. The number of hydrogen-bond acceptors (Lipinski definition) is 5. The van der Waals surface area contributed by atoms with E-state index in [1.807, 2.05) is 0 Å². The van der Waals surface area contributed by atoms with Crippen LogP contribution in [-0.4, -0.2) is 66.8 Å². The minimum Gasteiger partial charge on any atom is -0.507 e. The fourth-order valence-corrected chi connectivity index (χ4v) is 4.04. The van der Waals surface area contributed by atoms with E-state index in [0.29, 0.717) is 5.69 Å². The van der Waals surface area contributed by atoms with Gasteiger partial charge in [-0.1, -0.05) is 6.58 Å². The molecular weight excluding hydrogens is 372 g/mol. The maximum Gasteiger partial charge on any atom is 0.279 e. The number of carbonyl (C=O) groups is 2. The van der Waals surface area contributed by atoms with E-state index in [-0.39, 0.29) is 43.5 Å². The summed E-state index contributed by atoms with van der Waals surface area (Å²) in [7, 11) is -3.59. The van der Waals surface area contributed by atoms with Gasteiger partial charge in [0.1, 0.15) is 5.75 Å². The lowest BCUT2D eigenvalue weighted by molar-refractivity contribution is -0.111. The predicted molar refractivity (Wildman–Crippen MR) is 102 cm³/mol. The molecule has 1 aromatic rings. The first-order valence-corrected chi connectivity index (χ1v) is 9.91. The highest BCUT2D eigenvalue weighted by atomic mass is 32.2. The maximum atomic E-state index is 12.7. The van der Waals surface area contributed by atoms with E-state index in [0.717, 1.165) is 6.08 Å². The molecule has 0 saturated carbocycles. The number of amides is 2. The predicted octanol–water partition coefficient (Wildman–Crippen LogP) is 0.517. The van der Waals surface area contributed by atoms with Crippen LogP contribution in [0.4, 0.5) is 5.69 Å². The molecule has 0 bridgehead atoms. The van der Waals surface area contributed by atoms with Crippen LogP contribution in [0.25, 0.3) is 0 Å². The summed E-state index contributed by atoms with van der Waals surface area (Å²) in [5.74, 6) is -1.08. The van der Waals surface area contributed by atoms with Gasteiger partial charge in [-0.3, -0.25) is 9.59 Å². The maximum absolute atomic E-state index is 12.7. The van der Waals surface area contributed by atoms with Crippen molar-refractivity contribution in [3.8, 4) is 5.75 Å². The number of aromatic hydroxyl groups is 1. The van der Waals surface area contributed by atoms with Crippen molar-refractivity contribution in [3.63, 3.8) is 0 Å². The first-order chi connectivity index (χ1) is 12.6. The molecule has 1 saturated heterocycles. The Hall–Kier alpha value is -2.43. The van der Waals surface area contributed by atoms with Crippen LogP contribution in [0.1, 0.15) is 24.2 Å². The highest BCUT2D eigenvalue weighted by molar-refractivity contribution is 7.87. The topological polar surface area (TPSA) is 119 Å². The van der Waals surface area contributed by atoms with Gasteiger partial charge in [0.25, 0.3) is 16.1 Å². The van der Waals surface area contributed by atoms with E-state index in [4.69, 9.17) is 0 Å². The lowest BCUT2D eigenvalue weighted by Crippen LogP contribution is -2.54. The summed E-state index contributed by atoms with van der Waals surface area (Å²) in [5.41, 5.74) is 0.386. The Morgan fingerprint density at radius 2 is 1.85 bits per heavy atom. The molecule has 9 nitrogen and oxygen atoms in total. The number of phenolic OH excluding ortho intramolecular Hbond substituents is 1. The molecule has 148 valence electrons. The molecule has 0 atom stereocenters. The molecule has 10 heteroatoms. The number of rotatable bonds is 6.